The molecule has 10 heteroatoms. The first-order valence-corrected chi connectivity index (χ1v) is 11.9. The highest BCUT2D eigenvalue weighted by molar-refractivity contribution is 7.13. The summed E-state index contributed by atoms with van der Waals surface area (Å²) in [5.74, 6) is -1.79. The second-order valence-electron chi connectivity index (χ2n) is 7.74. The Balaban J connectivity index is 1.40. The zero-order chi connectivity index (χ0) is 23.0. The molecule has 4 rings (SSSR count). The smallest absolute Gasteiger partial charge is 0.277 e. The SMILES string of the molecule is Cc1nc(C)c(C(=O)N2CCC(c3nc(C(=O)N(C)c4ccc(F)cc4F)cs3)CC2)s1. The molecule has 2 amide bonds. The maximum atomic E-state index is 14.0. The normalized spacial score (nSPS) is 14.6. The van der Waals surface area contributed by atoms with Crippen LogP contribution in [0.4, 0.5) is 14.5 Å². The summed E-state index contributed by atoms with van der Waals surface area (Å²) in [7, 11) is 1.44. The molecule has 0 unspecified atom stereocenters. The highest BCUT2D eigenvalue weighted by atomic mass is 32.1. The number of likely N-dealkylation sites (tertiary alicyclic amines) is 1. The molecule has 0 N–H and O–H groups in total. The Morgan fingerprint density at radius 3 is 2.50 bits per heavy atom. The van der Waals surface area contributed by atoms with E-state index in [0.29, 0.717) is 18.0 Å². The van der Waals surface area contributed by atoms with Crippen molar-refractivity contribution in [1.29, 1.82) is 0 Å². The van der Waals surface area contributed by atoms with Gasteiger partial charge in [0.2, 0.25) is 0 Å². The van der Waals surface area contributed by atoms with E-state index in [0.717, 1.165) is 45.6 Å². The molecule has 3 heterocycles. The van der Waals surface area contributed by atoms with Gasteiger partial charge in [-0.05, 0) is 38.8 Å². The Labute approximate surface area is 192 Å². The molecular weight excluding hydrogens is 454 g/mol. The van der Waals surface area contributed by atoms with E-state index in [-0.39, 0.29) is 23.2 Å². The van der Waals surface area contributed by atoms with Gasteiger partial charge in [-0.3, -0.25) is 9.59 Å². The second-order valence-corrected chi connectivity index (χ2v) is 9.84. The van der Waals surface area contributed by atoms with E-state index in [9.17, 15) is 18.4 Å². The minimum absolute atomic E-state index is 0.00799. The van der Waals surface area contributed by atoms with Gasteiger partial charge in [0.15, 0.2) is 0 Å². The lowest BCUT2D eigenvalue weighted by Gasteiger charge is -2.30. The minimum Gasteiger partial charge on any atom is -0.338 e. The number of carbonyl (C=O) groups is 2. The molecule has 168 valence electrons. The minimum atomic E-state index is -0.806. The van der Waals surface area contributed by atoms with Gasteiger partial charge in [0.05, 0.1) is 21.4 Å². The van der Waals surface area contributed by atoms with Crippen LogP contribution in [0.15, 0.2) is 23.6 Å². The lowest BCUT2D eigenvalue weighted by atomic mass is 9.97. The highest BCUT2D eigenvalue weighted by Crippen LogP contribution is 2.32. The van der Waals surface area contributed by atoms with E-state index >= 15 is 0 Å². The van der Waals surface area contributed by atoms with Gasteiger partial charge in [-0.15, -0.1) is 22.7 Å². The van der Waals surface area contributed by atoms with Crippen LogP contribution in [0.1, 0.15) is 54.6 Å². The van der Waals surface area contributed by atoms with Crippen molar-refractivity contribution in [2.75, 3.05) is 25.0 Å². The van der Waals surface area contributed by atoms with Crippen LogP contribution in [0.5, 0.6) is 0 Å². The predicted octanol–water partition coefficient (Wildman–Crippen LogP) is 4.79. The molecule has 0 spiro atoms. The zero-order valence-electron chi connectivity index (χ0n) is 17.9. The Bertz CT molecular complexity index is 1170. The predicted molar refractivity (Wildman–Crippen MR) is 121 cm³/mol. The molecule has 1 aliphatic heterocycles. The fraction of sp³-hybridized carbons (Fsp3) is 0.364. The van der Waals surface area contributed by atoms with Crippen LogP contribution in [0.2, 0.25) is 0 Å². The second kappa shape index (κ2) is 9.03. The number of anilines is 1. The summed E-state index contributed by atoms with van der Waals surface area (Å²) < 4.78 is 27.2. The molecule has 0 radical (unpaired) electrons. The summed E-state index contributed by atoms with van der Waals surface area (Å²) in [5.41, 5.74) is 0.987. The summed E-state index contributed by atoms with van der Waals surface area (Å²) in [6.07, 6.45) is 1.51. The number of halogens is 2. The number of amides is 2. The van der Waals surface area contributed by atoms with Crippen molar-refractivity contribution in [2.24, 2.45) is 0 Å². The summed E-state index contributed by atoms with van der Waals surface area (Å²) >= 11 is 2.81. The third-order valence-electron chi connectivity index (χ3n) is 5.55. The van der Waals surface area contributed by atoms with Crippen molar-refractivity contribution in [3.63, 3.8) is 0 Å². The summed E-state index contributed by atoms with van der Waals surface area (Å²) in [5, 5.41) is 3.38. The molecule has 1 fully saturated rings. The van der Waals surface area contributed by atoms with Crippen LogP contribution in [-0.4, -0.2) is 46.8 Å². The number of benzene rings is 1. The van der Waals surface area contributed by atoms with Crippen molar-refractivity contribution in [1.82, 2.24) is 14.9 Å². The van der Waals surface area contributed by atoms with Crippen molar-refractivity contribution < 1.29 is 18.4 Å². The van der Waals surface area contributed by atoms with Crippen molar-refractivity contribution in [2.45, 2.75) is 32.6 Å². The van der Waals surface area contributed by atoms with E-state index < -0.39 is 17.5 Å². The molecule has 1 aliphatic rings. The van der Waals surface area contributed by atoms with Crippen molar-refractivity contribution >= 4 is 40.2 Å². The Morgan fingerprint density at radius 2 is 1.88 bits per heavy atom. The molecule has 1 saturated heterocycles. The molecule has 0 atom stereocenters. The lowest BCUT2D eigenvalue weighted by molar-refractivity contribution is 0.0717. The van der Waals surface area contributed by atoms with E-state index in [1.807, 2.05) is 18.7 Å². The van der Waals surface area contributed by atoms with Gasteiger partial charge >= 0.3 is 0 Å². The number of thiazole rings is 2. The first-order chi connectivity index (χ1) is 15.2. The molecule has 2 aromatic heterocycles. The number of hydrogen-bond donors (Lipinski definition) is 0. The number of piperidine rings is 1. The van der Waals surface area contributed by atoms with Gasteiger partial charge in [-0.2, -0.15) is 0 Å². The number of nitrogens with zero attached hydrogens (tertiary/aromatic N) is 4. The van der Waals surface area contributed by atoms with Crippen LogP contribution in [0, 0.1) is 25.5 Å². The van der Waals surface area contributed by atoms with Crippen molar-refractivity contribution in [3.8, 4) is 0 Å². The van der Waals surface area contributed by atoms with Gasteiger partial charge in [-0.1, -0.05) is 0 Å². The van der Waals surface area contributed by atoms with Crippen LogP contribution >= 0.6 is 22.7 Å². The van der Waals surface area contributed by atoms with Gasteiger partial charge < -0.3 is 9.80 Å². The van der Waals surface area contributed by atoms with Crippen LogP contribution in [0.3, 0.4) is 0 Å². The third-order valence-corrected chi connectivity index (χ3v) is 7.61. The zero-order valence-corrected chi connectivity index (χ0v) is 19.5. The molecule has 6 nitrogen and oxygen atoms in total. The number of aryl methyl sites for hydroxylation is 2. The Kier molecular flexibility index (Phi) is 6.34. The fourth-order valence-corrected chi connectivity index (χ4v) is 5.66. The average molecular weight is 477 g/mol. The molecule has 0 aliphatic carbocycles. The molecule has 1 aromatic carbocycles. The topological polar surface area (TPSA) is 66.4 Å². The van der Waals surface area contributed by atoms with E-state index in [2.05, 4.69) is 9.97 Å². The fourth-order valence-electron chi connectivity index (χ4n) is 3.81. The maximum absolute atomic E-state index is 14.0. The third kappa shape index (κ3) is 4.42. The van der Waals surface area contributed by atoms with Crippen LogP contribution in [-0.2, 0) is 0 Å². The van der Waals surface area contributed by atoms with E-state index in [1.165, 1.54) is 35.8 Å². The van der Waals surface area contributed by atoms with Crippen LogP contribution in [0.25, 0.3) is 0 Å². The van der Waals surface area contributed by atoms with E-state index in [1.54, 1.807) is 5.38 Å². The summed E-state index contributed by atoms with van der Waals surface area (Å²) in [6.45, 7) is 4.98. The van der Waals surface area contributed by atoms with Gasteiger partial charge in [0.1, 0.15) is 22.2 Å². The van der Waals surface area contributed by atoms with Crippen LogP contribution < -0.4 is 4.90 Å². The number of rotatable bonds is 4. The monoisotopic (exact) mass is 476 g/mol. The van der Waals surface area contributed by atoms with Gasteiger partial charge in [-0.25, -0.2) is 18.7 Å². The van der Waals surface area contributed by atoms with Gasteiger partial charge in [0.25, 0.3) is 11.8 Å². The Hall–Kier alpha value is -2.72. The number of hydrogen-bond acceptors (Lipinski definition) is 6. The van der Waals surface area contributed by atoms with Gasteiger partial charge in [0, 0.05) is 37.5 Å². The molecule has 0 bridgehead atoms. The summed E-state index contributed by atoms with van der Waals surface area (Å²) in [4.78, 5) is 38.1. The molecule has 0 saturated carbocycles. The maximum Gasteiger partial charge on any atom is 0.277 e. The molecular formula is C22H22F2N4O2S2. The standard InChI is InChI=1S/C22H22F2N4O2S2/c1-12-19(32-13(2)25-12)22(30)28-8-6-14(7-9-28)20-26-17(11-31-20)21(29)27(3)18-5-4-15(23)10-16(18)24/h4-5,10-11,14H,6-9H2,1-3H3. The molecule has 3 aromatic rings. The first kappa shape index (κ1) is 22.5. The largest absolute Gasteiger partial charge is 0.338 e. The first-order valence-electron chi connectivity index (χ1n) is 10.2. The quantitative estimate of drug-likeness (QED) is 0.543. The number of carbonyl (C=O) groups excluding carboxylic acids is 2. The Morgan fingerprint density at radius 1 is 1.16 bits per heavy atom. The number of aromatic nitrogens is 2. The molecule has 32 heavy (non-hydrogen) atoms. The lowest BCUT2D eigenvalue weighted by Crippen LogP contribution is -2.37. The van der Waals surface area contributed by atoms with Crippen molar-refractivity contribution in [3.05, 3.63) is 61.5 Å². The highest BCUT2D eigenvalue weighted by Gasteiger charge is 2.29. The summed E-state index contributed by atoms with van der Waals surface area (Å²) in [6, 6.07) is 3.09. The average Bonchev–Trinajstić information content (AvgIpc) is 3.39. The van der Waals surface area contributed by atoms with E-state index in [4.69, 9.17) is 0 Å².